The number of nitrogens with zero attached hydrogens (tertiary/aromatic N) is 1. The smallest absolute Gasteiger partial charge is 0.235 e. The summed E-state index contributed by atoms with van der Waals surface area (Å²) in [6.07, 6.45) is 1.38. The number of amides is 1. The van der Waals surface area contributed by atoms with Gasteiger partial charge in [0.25, 0.3) is 0 Å². The molecule has 2 aromatic rings. The third kappa shape index (κ3) is 4.49. The molecule has 21 heavy (non-hydrogen) atoms. The molecule has 0 aliphatic heterocycles. The molecule has 0 aliphatic rings. The number of nitrogens with two attached hydrogens (primary N) is 1. The van der Waals surface area contributed by atoms with Crippen LogP contribution < -0.4 is 11.1 Å². The largest absolute Gasteiger partial charge is 0.398 e. The molecule has 110 valence electrons. The fraction of sp³-hybridized carbons (Fsp3) is 0.0769. The lowest BCUT2D eigenvalue weighted by Gasteiger charge is -2.07. The molecule has 0 aliphatic carbocycles. The number of thioether (sulfide) groups is 1. The number of carbonyl (C=O) groups is 1. The zero-order valence-corrected chi connectivity index (χ0v) is 12.9. The molecule has 1 aromatic heterocycles. The number of halogens is 3. The Morgan fingerprint density at radius 2 is 2.14 bits per heavy atom. The van der Waals surface area contributed by atoms with Gasteiger partial charge >= 0.3 is 0 Å². The predicted octanol–water partition coefficient (Wildman–Crippen LogP) is 3.84. The van der Waals surface area contributed by atoms with E-state index >= 15 is 0 Å². The van der Waals surface area contributed by atoms with Crippen molar-refractivity contribution in [3.8, 4) is 0 Å². The van der Waals surface area contributed by atoms with Crippen LogP contribution in [-0.2, 0) is 4.79 Å². The van der Waals surface area contributed by atoms with Crippen LogP contribution in [0.2, 0.25) is 10.0 Å². The molecule has 8 heteroatoms. The van der Waals surface area contributed by atoms with Gasteiger partial charge in [0.15, 0.2) is 5.82 Å². The molecule has 4 nitrogen and oxygen atoms in total. The molecular weight excluding hydrogens is 336 g/mol. The second-order valence-corrected chi connectivity index (χ2v) is 5.86. The maximum absolute atomic E-state index is 13.1. The van der Waals surface area contributed by atoms with Crippen LogP contribution in [0.5, 0.6) is 0 Å². The number of pyridine rings is 1. The van der Waals surface area contributed by atoms with Gasteiger partial charge in [-0.05, 0) is 24.3 Å². The van der Waals surface area contributed by atoms with Gasteiger partial charge < -0.3 is 11.1 Å². The monoisotopic (exact) mass is 345 g/mol. The summed E-state index contributed by atoms with van der Waals surface area (Å²) in [4.78, 5) is 16.2. The molecule has 2 rings (SSSR count). The minimum atomic E-state index is -0.408. The Labute approximate surface area is 134 Å². The SMILES string of the molecule is Nc1ccc(F)cc1SCC(=O)Nc1ncc(Cl)cc1Cl. The molecule has 1 heterocycles. The maximum atomic E-state index is 13.1. The van der Waals surface area contributed by atoms with Crippen molar-refractivity contribution in [3.63, 3.8) is 0 Å². The van der Waals surface area contributed by atoms with E-state index in [-0.39, 0.29) is 22.5 Å². The Morgan fingerprint density at radius 1 is 1.38 bits per heavy atom. The van der Waals surface area contributed by atoms with Gasteiger partial charge in [0.1, 0.15) is 5.82 Å². The predicted molar refractivity (Wildman–Crippen MR) is 84.4 cm³/mol. The molecule has 0 radical (unpaired) electrons. The quantitative estimate of drug-likeness (QED) is 0.652. The van der Waals surface area contributed by atoms with Crippen LogP contribution in [0.25, 0.3) is 0 Å². The summed E-state index contributed by atoms with van der Waals surface area (Å²) in [5, 5.41) is 3.16. The van der Waals surface area contributed by atoms with E-state index in [2.05, 4.69) is 10.3 Å². The molecule has 3 N–H and O–H groups in total. The number of hydrogen-bond acceptors (Lipinski definition) is 4. The third-order valence-electron chi connectivity index (χ3n) is 2.40. The number of benzene rings is 1. The first-order valence-corrected chi connectivity index (χ1v) is 7.48. The molecule has 0 saturated heterocycles. The number of carbonyl (C=O) groups excluding carboxylic acids is 1. The van der Waals surface area contributed by atoms with Crippen LogP contribution in [0, 0.1) is 5.82 Å². The van der Waals surface area contributed by atoms with E-state index in [1.807, 2.05) is 0 Å². The van der Waals surface area contributed by atoms with E-state index in [1.54, 1.807) is 0 Å². The average molecular weight is 346 g/mol. The number of hydrogen-bond donors (Lipinski definition) is 2. The van der Waals surface area contributed by atoms with Gasteiger partial charge in [0.2, 0.25) is 5.91 Å². The highest BCUT2D eigenvalue weighted by molar-refractivity contribution is 8.00. The molecular formula is C13H10Cl2FN3OS. The summed E-state index contributed by atoms with van der Waals surface area (Å²) in [6, 6.07) is 5.47. The molecule has 0 atom stereocenters. The Morgan fingerprint density at radius 3 is 2.86 bits per heavy atom. The number of nitrogens with one attached hydrogen (secondary N) is 1. The van der Waals surface area contributed by atoms with Crippen molar-refractivity contribution in [3.05, 3.63) is 46.3 Å². The van der Waals surface area contributed by atoms with Crippen molar-refractivity contribution in [2.45, 2.75) is 4.90 Å². The fourth-order valence-electron chi connectivity index (χ4n) is 1.45. The second kappa shape index (κ2) is 6.98. The summed E-state index contributed by atoms with van der Waals surface area (Å²) in [5.74, 6) is -0.470. The van der Waals surface area contributed by atoms with Crippen molar-refractivity contribution < 1.29 is 9.18 Å². The number of rotatable bonds is 4. The van der Waals surface area contributed by atoms with Gasteiger partial charge in [-0.15, -0.1) is 11.8 Å². The van der Waals surface area contributed by atoms with E-state index in [9.17, 15) is 9.18 Å². The minimum absolute atomic E-state index is 0.0499. The standard InChI is InChI=1S/C13H10Cl2FN3OS/c14-7-3-9(15)13(18-5-7)19-12(20)6-21-11-4-8(16)1-2-10(11)17/h1-5H,6,17H2,(H,18,19,20). The Hall–Kier alpha value is -1.50. The van der Waals surface area contributed by atoms with Crippen molar-refractivity contribution in [2.24, 2.45) is 0 Å². The highest BCUT2D eigenvalue weighted by Gasteiger charge is 2.10. The molecule has 1 amide bonds. The topological polar surface area (TPSA) is 68.0 Å². The highest BCUT2D eigenvalue weighted by Crippen LogP contribution is 2.26. The molecule has 0 fully saturated rings. The van der Waals surface area contributed by atoms with Crippen LogP contribution >= 0.6 is 35.0 Å². The van der Waals surface area contributed by atoms with Gasteiger partial charge in [0.05, 0.1) is 15.8 Å². The Bertz CT molecular complexity index is 684. The summed E-state index contributed by atoms with van der Waals surface area (Å²) < 4.78 is 13.1. The normalized spacial score (nSPS) is 10.4. The molecule has 1 aromatic carbocycles. The number of anilines is 2. The zero-order valence-electron chi connectivity index (χ0n) is 10.6. The Balaban J connectivity index is 1.97. The van der Waals surface area contributed by atoms with E-state index < -0.39 is 5.82 Å². The van der Waals surface area contributed by atoms with Crippen LogP contribution in [0.3, 0.4) is 0 Å². The third-order valence-corrected chi connectivity index (χ3v) is 3.97. The van der Waals surface area contributed by atoms with Gasteiger partial charge in [-0.1, -0.05) is 23.2 Å². The van der Waals surface area contributed by atoms with Crippen molar-refractivity contribution in [1.29, 1.82) is 0 Å². The summed E-state index contributed by atoms with van der Waals surface area (Å²) >= 11 is 12.7. The van der Waals surface area contributed by atoms with Crippen LogP contribution in [0.4, 0.5) is 15.9 Å². The van der Waals surface area contributed by atoms with Gasteiger partial charge in [0, 0.05) is 16.8 Å². The number of nitrogen functional groups attached to an aromatic ring is 1. The average Bonchev–Trinajstić information content (AvgIpc) is 2.43. The summed E-state index contributed by atoms with van der Waals surface area (Å²) in [6.45, 7) is 0. The van der Waals surface area contributed by atoms with Crippen molar-refractivity contribution >= 4 is 52.4 Å². The van der Waals surface area contributed by atoms with Crippen molar-refractivity contribution in [2.75, 3.05) is 16.8 Å². The molecule has 0 spiro atoms. The lowest BCUT2D eigenvalue weighted by atomic mass is 10.3. The first-order chi connectivity index (χ1) is 9.95. The van der Waals surface area contributed by atoms with E-state index in [1.165, 1.54) is 30.5 Å². The van der Waals surface area contributed by atoms with Gasteiger partial charge in [-0.25, -0.2) is 9.37 Å². The van der Waals surface area contributed by atoms with E-state index in [4.69, 9.17) is 28.9 Å². The molecule has 0 unspecified atom stereocenters. The summed E-state index contributed by atoms with van der Waals surface area (Å²) in [5.41, 5.74) is 6.12. The van der Waals surface area contributed by atoms with Crippen LogP contribution in [0.15, 0.2) is 35.4 Å². The minimum Gasteiger partial charge on any atom is -0.398 e. The zero-order chi connectivity index (χ0) is 15.4. The summed E-state index contributed by atoms with van der Waals surface area (Å²) in [7, 11) is 0. The second-order valence-electron chi connectivity index (χ2n) is 4.00. The first-order valence-electron chi connectivity index (χ1n) is 5.74. The lowest BCUT2D eigenvalue weighted by molar-refractivity contribution is -0.113. The van der Waals surface area contributed by atoms with E-state index in [0.29, 0.717) is 15.6 Å². The maximum Gasteiger partial charge on any atom is 0.235 e. The molecule has 0 saturated carbocycles. The Kier molecular flexibility index (Phi) is 5.27. The van der Waals surface area contributed by atoms with E-state index in [0.717, 1.165) is 11.8 Å². The fourth-order valence-corrected chi connectivity index (χ4v) is 2.67. The highest BCUT2D eigenvalue weighted by atomic mass is 35.5. The first kappa shape index (κ1) is 15.9. The van der Waals surface area contributed by atoms with Gasteiger partial charge in [-0.3, -0.25) is 4.79 Å². The van der Waals surface area contributed by atoms with Crippen molar-refractivity contribution in [1.82, 2.24) is 4.98 Å². The lowest BCUT2D eigenvalue weighted by Crippen LogP contribution is -2.15. The van der Waals surface area contributed by atoms with Crippen LogP contribution in [-0.4, -0.2) is 16.6 Å². The van der Waals surface area contributed by atoms with Gasteiger partial charge in [-0.2, -0.15) is 0 Å². The molecule has 0 bridgehead atoms. The van der Waals surface area contributed by atoms with Crippen LogP contribution in [0.1, 0.15) is 0 Å². The number of aromatic nitrogens is 1.